The van der Waals surface area contributed by atoms with Gasteiger partial charge >= 0.3 is 0 Å². The van der Waals surface area contributed by atoms with E-state index in [4.69, 9.17) is 9.72 Å². The van der Waals surface area contributed by atoms with Crippen molar-refractivity contribution in [3.05, 3.63) is 47.5 Å². The summed E-state index contributed by atoms with van der Waals surface area (Å²) in [6.07, 6.45) is 7.47. The Hall–Kier alpha value is -2.83. The molecule has 30 heavy (non-hydrogen) atoms. The van der Waals surface area contributed by atoms with E-state index in [0.717, 1.165) is 25.8 Å². The maximum atomic E-state index is 13.2. The van der Waals surface area contributed by atoms with E-state index in [9.17, 15) is 9.59 Å². The quantitative estimate of drug-likeness (QED) is 0.760. The third-order valence-electron chi connectivity index (χ3n) is 6.15. The first-order valence-electron chi connectivity index (χ1n) is 10.8. The molecule has 7 nitrogen and oxygen atoms in total. The van der Waals surface area contributed by atoms with Crippen molar-refractivity contribution in [2.45, 2.75) is 44.6 Å². The normalized spacial score (nSPS) is 16.8. The summed E-state index contributed by atoms with van der Waals surface area (Å²) in [6.45, 7) is 2.40. The second-order valence-corrected chi connectivity index (χ2v) is 8.36. The Kier molecular flexibility index (Phi) is 6.06. The molecule has 0 aliphatic carbocycles. The van der Waals surface area contributed by atoms with Crippen LogP contribution in [0.2, 0.25) is 0 Å². The summed E-state index contributed by atoms with van der Waals surface area (Å²) in [5.74, 6) is 1.89. The van der Waals surface area contributed by atoms with Gasteiger partial charge in [0.25, 0.3) is 11.8 Å². The topological polar surface area (TPSA) is 67.7 Å². The minimum Gasteiger partial charge on any atom is -0.483 e. The van der Waals surface area contributed by atoms with Crippen LogP contribution in [0.15, 0.2) is 30.5 Å². The molecule has 0 atom stereocenters. The molecule has 0 saturated carbocycles. The average Bonchev–Trinajstić information content (AvgIpc) is 3.21. The number of fused-ring (bicyclic) bond motifs is 1. The standard InChI is InChI=1S/C23H30N4O3/c1-25(2)21(28)16-30-20-9-4-3-8-19(20)23(29)26-13-10-17(11-14-26)22-24-15-18-7-5-6-12-27(18)22/h3-4,8-9,15,17H,5-7,10-14,16H2,1-2H3. The molecule has 1 saturated heterocycles. The predicted molar refractivity (Wildman–Crippen MR) is 114 cm³/mol. The number of hydrogen-bond donors (Lipinski definition) is 0. The molecule has 1 fully saturated rings. The number of piperidine rings is 1. The van der Waals surface area contributed by atoms with Crippen LogP contribution >= 0.6 is 0 Å². The molecule has 0 N–H and O–H groups in total. The molecule has 0 bridgehead atoms. The Morgan fingerprint density at radius 2 is 1.90 bits per heavy atom. The van der Waals surface area contributed by atoms with Crippen LogP contribution in [-0.4, -0.2) is 65.0 Å². The van der Waals surface area contributed by atoms with E-state index in [1.54, 1.807) is 26.2 Å². The van der Waals surface area contributed by atoms with Crippen LogP contribution in [0.5, 0.6) is 5.75 Å². The van der Waals surface area contributed by atoms with E-state index in [-0.39, 0.29) is 18.4 Å². The van der Waals surface area contributed by atoms with Gasteiger partial charge in [-0.05, 0) is 44.2 Å². The second kappa shape index (κ2) is 8.90. The van der Waals surface area contributed by atoms with Crippen molar-refractivity contribution < 1.29 is 14.3 Å². The molecule has 2 amide bonds. The van der Waals surface area contributed by atoms with E-state index in [1.165, 1.54) is 29.3 Å². The van der Waals surface area contributed by atoms with Crippen molar-refractivity contribution in [1.29, 1.82) is 0 Å². The van der Waals surface area contributed by atoms with Gasteiger partial charge in [-0.1, -0.05) is 12.1 Å². The number of rotatable bonds is 5. The molecular formula is C23H30N4O3. The number of carbonyl (C=O) groups excluding carboxylic acids is 2. The van der Waals surface area contributed by atoms with Crippen molar-refractivity contribution in [2.24, 2.45) is 0 Å². The Bertz CT molecular complexity index is 913. The van der Waals surface area contributed by atoms with Crippen molar-refractivity contribution in [1.82, 2.24) is 19.4 Å². The number of nitrogens with zero attached hydrogens (tertiary/aromatic N) is 4. The first-order valence-corrected chi connectivity index (χ1v) is 10.8. The van der Waals surface area contributed by atoms with E-state index in [0.29, 0.717) is 30.3 Å². The molecule has 0 radical (unpaired) electrons. The fourth-order valence-electron chi connectivity index (χ4n) is 4.34. The third kappa shape index (κ3) is 4.20. The van der Waals surface area contributed by atoms with Gasteiger partial charge < -0.3 is 19.1 Å². The first-order chi connectivity index (χ1) is 14.5. The molecule has 2 aliphatic heterocycles. The summed E-state index contributed by atoms with van der Waals surface area (Å²) in [5.41, 5.74) is 1.87. The maximum Gasteiger partial charge on any atom is 0.259 e. The molecule has 2 aromatic rings. The smallest absolute Gasteiger partial charge is 0.259 e. The molecule has 0 spiro atoms. The van der Waals surface area contributed by atoms with Crippen LogP contribution in [0, 0.1) is 0 Å². The Labute approximate surface area is 177 Å². The van der Waals surface area contributed by atoms with Gasteiger partial charge in [0.1, 0.15) is 11.6 Å². The number of likely N-dealkylation sites (tertiary alicyclic amines) is 1. The highest BCUT2D eigenvalue weighted by molar-refractivity contribution is 5.97. The second-order valence-electron chi connectivity index (χ2n) is 8.36. The van der Waals surface area contributed by atoms with Gasteiger partial charge in [0.2, 0.25) is 0 Å². The van der Waals surface area contributed by atoms with Crippen LogP contribution in [0.4, 0.5) is 0 Å². The number of para-hydroxylation sites is 1. The number of hydrogen-bond acceptors (Lipinski definition) is 4. The van der Waals surface area contributed by atoms with Gasteiger partial charge in [0, 0.05) is 51.5 Å². The highest BCUT2D eigenvalue weighted by atomic mass is 16.5. The van der Waals surface area contributed by atoms with Gasteiger partial charge in [-0.25, -0.2) is 4.98 Å². The van der Waals surface area contributed by atoms with Gasteiger partial charge in [0.15, 0.2) is 6.61 Å². The Balaban J connectivity index is 1.40. The summed E-state index contributed by atoms with van der Waals surface area (Å²) in [4.78, 5) is 33.1. The molecule has 7 heteroatoms. The van der Waals surface area contributed by atoms with Gasteiger partial charge in [0.05, 0.1) is 5.56 Å². The molecule has 0 unspecified atom stereocenters. The Morgan fingerprint density at radius 1 is 1.13 bits per heavy atom. The minimum atomic E-state index is -0.138. The summed E-state index contributed by atoms with van der Waals surface area (Å²) in [5, 5.41) is 0. The van der Waals surface area contributed by atoms with Crippen LogP contribution < -0.4 is 4.74 Å². The molecule has 1 aromatic heterocycles. The number of aromatic nitrogens is 2. The van der Waals surface area contributed by atoms with E-state index in [1.807, 2.05) is 23.2 Å². The SMILES string of the molecule is CN(C)C(=O)COc1ccccc1C(=O)N1CCC(c2ncc3n2CCCC3)CC1. The lowest BCUT2D eigenvalue weighted by Crippen LogP contribution is -2.38. The summed E-state index contributed by atoms with van der Waals surface area (Å²) in [7, 11) is 3.37. The molecular weight excluding hydrogens is 380 g/mol. The largest absolute Gasteiger partial charge is 0.483 e. The van der Waals surface area contributed by atoms with Gasteiger partial charge in [-0.2, -0.15) is 0 Å². The highest BCUT2D eigenvalue weighted by Gasteiger charge is 2.29. The van der Waals surface area contributed by atoms with Gasteiger partial charge in [-0.3, -0.25) is 9.59 Å². The molecule has 2 aliphatic rings. The van der Waals surface area contributed by atoms with E-state index < -0.39 is 0 Å². The fourth-order valence-corrected chi connectivity index (χ4v) is 4.34. The van der Waals surface area contributed by atoms with Crippen LogP contribution in [0.1, 0.15) is 53.5 Å². The average molecular weight is 411 g/mol. The zero-order valence-electron chi connectivity index (χ0n) is 17.8. The maximum absolute atomic E-state index is 13.2. The summed E-state index contributed by atoms with van der Waals surface area (Å²) >= 11 is 0. The van der Waals surface area contributed by atoms with Crippen LogP contribution in [0.25, 0.3) is 0 Å². The number of amides is 2. The number of ether oxygens (including phenoxy) is 1. The molecule has 4 rings (SSSR count). The number of aryl methyl sites for hydroxylation is 1. The van der Waals surface area contributed by atoms with Crippen molar-refractivity contribution in [3.8, 4) is 5.75 Å². The van der Waals surface area contributed by atoms with Crippen molar-refractivity contribution >= 4 is 11.8 Å². The zero-order valence-corrected chi connectivity index (χ0v) is 17.8. The Morgan fingerprint density at radius 3 is 2.67 bits per heavy atom. The van der Waals surface area contributed by atoms with E-state index >= 15 is 0 Å². The number of carbonyl (C=O) groups is 2. The minimum absolute atomic E-state index is 0.0356. The molecule has 3 heterocycles. The summed E-state index contributed by atoms with van der Waals surface area (Å²) < 4.78 is 8.06. The third-order valence-corrected chi connectivity index (χ3v) is 6.15. The van der Waals surface area contributed by atoms with E-state index in [2.05, 4.69) is 4.57 Å². The van der Waals surface area contributed by atoms with Gasteiger partial charge in [-0.15, -0.1) is 0 Å². The van der Waals surface area contributed by atoms with Crippen LogP contribution in [0.3, 0.4) is 0 Å². The lowest BCUT2D eigenvalue weighted by atomic mass is 9.95. The zero-order chi connectivity index (χ0) is 21.1. The lowest BCUT2D eigenvalue weighted by Gasteiger charge is -2.33. The monoisotopic (exact) mass is 410 g/mol. The van der Waals surface area contributed by atoms with Crippen molar-refractivity contribution in [2.75, 3.05) is 33.8 Å². The van der Waals surface area contributed by atoms with Crippen molar-refractivity contribution in [3.63, 3.8) is 0 Å². The first kappa shape index (κ1) is 20.4. The predicted octanol–water partition coefficient (Wildman–Crippen LogP) is 2.71. The molecule has 160 valence electrons. The highest BCUT2D eigenvalue weighted by Crippen LogP contribution is 2.31. The number of likely N-dealkylation sites (N-methyl/N-ethyl adjacent to an activating group) is 1. The molecule has 1 aromatic carbocycles. The lowest BCUT2D eigenvalue weighted by molar-refractivity contribution is -0.130. The number of benzene rings is 1. The number of imidazole rings is 1. The fraction of sp³-hybridized carbons (Fsp3) is 0.522. The summed E-state index contributed by atoms with van der Waals surface area (Å²) in [6, 6.07) is 7.17. The van der Waals surface area contributed by atoms with Crippen LogP contribution in [-0.2, 0) is 17.8 Å².